The molecule has 5 N–H and O–H groups in total. The van der Waals surface area contributed by atoms with Gasteiger partial charge in [0.25, 0.3) is 0 Å². The number of sulfone groups is 1. The number of rotatable bonds is 9. The van der Waals surface area contributed by atoms with Gasteiger partial charge in [-0.1, -0.05) is 77.1 Å². The summed E-state index contributed by atoms with van der Waals surface area (Å²) in [6.45, 7) is 8.77. The van der Waals surface area contributed by atoms with E-state index in [1.165, 1.54) is 6.08 Å². The number of nitrogens with one attached hydrogen (secondary N) is 2. The van der Waals surface area contributed by atoms with E-state index in [1.807, 2.05) is 19.9 Å². The quantitative estimate of drug-likeness (QED) is 0.196. The molecule has 0 aliphatic carbocycles. The molecule has 0 radical (unpaired) electrons. The van der Waals surface area contributed by atoms with Crippen LogP contribution in [0.25, 0.3) is 6.08 Å². The number of hydrogen-bond donors (Lipinski definition) is 4. The lowest BCUT2D eigenvalue weighted by atomic mass is 9.65. The smallest absolute Gasteiger partial charge is 0.249 e. The largest absolute Gasteiger partial charge is 0.294 e. The van der Waals surface area contributed by atoms with Crippen LogP contribution in [0, 0.1) is 23.2 Å². The van der Waals surface area contributed by atoms with Gasteiger partial charge in [-0.15, -0.1) is 0 Å². The van der Waals surface area contributed by atoms with E-state index in [-0.39, 0.29) is 12.3 Å². The molecule has 0 aliphatic heterocycles. The lowest BCUT2D eigenvalue weighted by Gasteiger charge is -2.47. The van der Waals surface area contributed by atoms with Crippen molar-refractivity contribution in [3.8, 4) is 0 Å². The molecule has 1 rings (SSSR count). The summed E-state index contributed by atoms with van der Waals surface area (Å²) in [6.07, 6.45) is 4.32. The molecule has 0 saturated heterocycles. The van der Waals surface area contributed by atoms with Crippen LogP contribution in [-0.4, -0.2) is 36.4 Å². The van der Waals surface area contributed by atoms with Gasteiger partial charge in [0.2, 0.25) is 11.8 Å². The van der Waals surface area contributed by atoms with Crippen molar-refractivity contribution in [2.75, 3.05) is 6.26 Å². The molecule has 0 bridgehead atoms. The molecule has 0 aliphatic rings. The Morgan fingerprint density at radius 3 is 2.06 bits per heavy atom. The molecule has 0 spiro atoms. The topological polar surface area (TPSA) is 139 Å². The van der Waals surface area contributed by atoms with Gasteiger partial charge in [0.05, 0.1) is 11.8 Å². The maximum atomic E-state index is 13.4. The highest BCUT2D eigenvalue weighted by Crippen LogP contribution is 2.48. The van der Waals surface area contributed by atoms with Crippen LogP contribution in [0.3, 0.4) is 0 Å². The Kier molecular flexibility index (Phi) is 8.98. The molecular formula is C22H35N3O5S. The lowest BCUT2D eigenvalue weighted by molar-refractivity contribution is -0.143. The fraction of sp³-hybridized carbons (Fsp3) is 0.545. The average Bonchev–Trinajstić information content (AvgIpc) is 2.67. The van der Waals surface area contributed by atoms with Crippen LogP contribution in [0.5, 0.6) is 0 Å². The Morgan fingerprint density at radius 1 is 1.13 bits per heavy atom. The van der Waals surface area contributed by atoms with Crippen molar-refractivity contribution in [2.45, 2.75) is 45.8 Å². The molecule has 1 aromatic carbocycles. The number of hydrogen-bond acceptors (Lipinski definition) is 6. The van der Waals surface area contributed by atoms with E-state index in [9.17, 15) is 23.2 Å². The number of benzene rings is 1. The molecule has 31 heavy (non-hydrogen) atoms. The molecular weight excluding hydrogens is 418 g/mol. The number of carbonyl (C=O) groups excluding carboxylic acids is 2. The van der Waals surface area contributed by atoms with Crippen molar-refractivity contribution in [1.29, 1.82) is 0 Å². The SMILES string of the molecule is CC(C)C[C@@H](C(=O)NN)[C@@H](C(=O)NO)C(/C=C/c1ccccc1)(C(C)(C)C)S(C)(=O)=O. The van der Waals surface area contributed by atoms with Crippen LogP contribution in [0.4, 0.5) is 0 Å². The Balaban J connectivity index is 3.98. The van der Waals surface area contributed by atoms with E-state index in [2.05, 4.69) is 5.43 Å². The maximum Gasteiger partial charge on any atom is 0.249 e. The van der Waals surface area contributed by atoms with Crippen LogP contribution in [0.15, 0.2) is 36.4 Å². The Bertz CT molecular complexity index is 891. The Hall–Kier alpha value is -2.23. The van der Waals surface area contributed by atoms with E-state index in [0.29, 0.717) is 0 Å². The maximum absolute atomic E-state index is 13.4. The van der Waals surface area contributed by atoms with E-state index < -0.39 is 43.6 Å². The fourth-order valence-electron chi connectivity index (χ4n) is 4.27. The number of carbonyl (C=O) groups is 2. The number of hydrazine groups is 1. The standard InChI is InChI=1S/C22H35N3O5S/c1-15(2)14-17(19(26)24-23)18(20(27)25-28)22(21(3,4)5,31(6,29)30)13-12-16-10-8-7-9-11-16/h7-13,15,17-18,28H,14,23H2,1-6H3,(H,24,26)(H,25,27)/b13-12+/t17-,18+,22?/m1/s1. The second kappa shape index (κ2) is 10.4. The minimum absolute atomic E-state index is 0.0494. The number of hydroxylamine groups is 1. The Morgan fingerprint density at radius 2 is 1.68 bits per heavy atom. The molecule has 0 fully saturated rings. The van der Waals surface area contributed by atoms with Gasteiger partial charge >= 0.3 is 0 Å². The summed E-state index contributed by atoms with van der Waals surface area (Å²) in [5, 5.41) is 9.54. The molecule has 174 valence electrons. The van der Waals surface area contributed by atoms with Crippen LogP contribution in [0.1, 0.15) is 46.6 Å². The van der Waals surface area contributed by atoms with Crippen LogP contribution < -0.4 is 16.7 Å². The van der Waals surface area contributed by atoms with Crippen LogP contribution >= 0.6 is 0 Å². The van der Waals surface area contributed by atoms with Crippen molar-refractivity contribution >= 4 is 27.7 Å². The molecule has 3 atom stereocenters. The summed E-state index contributed by atoms with van der Waals surface area (Å²) in [5.41, 5.74) is 3.34. The third-order valence-corrected chi connectivity index (χ3v) is 7.80. The zero-order valence-corrected chi connectivity index (χ0v) is 19.9. The summed E-state index contributed by atoms with van der Waals surface area (Å²) in [4.78, 5) is 25.8. The zero-order chi connectivity index (χ0) is 24.0. The van der Waals surface area contributed by atoms with E-state index in [4.69, 9.17) is 5.84 Å². The minimum atomic E-state index is -4.01. The predicted octanol–water partition coefficient (Wildman–Crippen LogP) is 2.30. The van der Waals surface area contributed by atoms with Crippen molar-refractivity contribution in [3.63, 3.8) is 0 Å². The summed E-state index contributed by atoms with van der Waals surface area (Å²) in [7, 11) is -4.01. The zero-order valence-electron chi connectivity index (χ0n) is 19.0. The number of nitrogens with two attached hydrogens (primary N) is 1. The van der Waals surface area contributed by atoms with Crippen molar-refractivity contribution in [2.24, 2.45) is 29.0 Å². The lowest BCUT2D eigenvalue weighted by Crippen LogP contribution is -2.62. The first-order chi connectivity index (χ1) is 14.2. The normalized spacial score (nSPS) is 16.5. The van der Waals surface area contributed by atoms with Gasteiger partial charge in [-0.05, 0) is 23.3 Å². The first-order valence-electron chi connectivity index (χ1n) is 10.1. The third kappa shape index (κ3) is 5.93. The van der Waals surface area contributed by atoms with Gasteiger partial charge in [0, 0.05) is 6.26 Å². The second-order valence-corrected chi connectivity index (χ2v) is 11.5. The summed E-state index contributed by atoms with van der Waals surface area (Å²) >= 11 is 0. The van der Waals surface area contributed by atoms with Crippen molar-refractivity contribution in [3.05, 3.63) is 42.0 Å². The van der Waals surface area contributed by atoms with Gasteiger partial charge in [-0.25, -0.2) is 19.7 Å². The predicted molar refractivity (Wildman–Crippen MR) is 121 cm³/mol. The van der Waals surface area contributed by atoms with Gasteiger partial charge < -0.3 is 0 Å². The highest BCUT2D eigenvalue weighted by Gasteiger charge is 2.60. The van der Waals surface area contributed by atoms with Gasteiger partial charge in [-0.2, -0.15) is 0 Å². The Labute approximate surface area is 185 Å². The van der Waals surface area contributed by atoms with Gasteiger partial charge in [0.1, 0.15) is 4.75 Å². The molecule has 0 saturated carbocycles. The minimum Gasteiger partial charge on any atom is -0.294 e. The van der Waals surface area contributed by atoms with Crippen LogP contribution in [-0.2, 0) is 19.4 Å². The first-order valence-corrected chi connectivity index (χ1v) is 12.0. The highest BCUT2D eigenvalue weighted by atomic mass is 32.2. The van der Waals surface area contributed by atoms with Crippen LogP contribution in [0.2, 0.25) is 0 Å². The summed E-state index contributed by atoms with van der Waals surface area (Å²) < 4.78 is 25.0. The second-order valence-electron chi connectivity index (χ2n) is 9.26. The fourth-order valence-corrected chi connectivity index (χ4v) is 6.43. The summed E-state index contributed by atoms with van der Waals surface area (Å²) in [5.74, 6) is 1.15. The average molecular weight is 454 g/mol. The highest BCUT2D eigenvalue weighted by molar-refractivity contribution is 7.92. The van der Waals surface area contributed by atoms with E-state index in [1.54, 1.807) is 56.6 Å². The number of amides is 2. The molecule has 1 aromatic rings. The van der Waals surface area contributed by atoms with E-state index in [0.717, 1.165) is 11.8 Å². The molecule has 1 unspecified atom stereocenters. The first kappa shape index (κ1) is 26.8. The van der Waals surface area contributed by atoms with Crippen molar-refractivity contribution < 1.29 is 23.2 Å². The molecule has 0 heterocycles. The van der Waals surface area contributed by atoms with Gasteiger partial charge in [0.15, 0.2) is 9.84 Å². The molecule has 8 nitrogen and oxygen atoms in total. The van der Waals surface area contributed by atoms with E-state index >= 15 is 0 Å². The molecule has 9 heteroatoms. The van der Waals surface area contributed by atoms with Gasteiger partial charge in [-0.3, -0.25) is 20.2 Å². The third-order valence-electron chi connectivity index (χ3n) is 5.57. The molecule has 2 amide bonds. The summed E-state index contributed by atoms with van der Waals surface area (Å²) in [6, 6.07) is 9.04. The molecule has 0 aromatic heterocycles. The van der Waals surface area contributed by atoms with Crippen molar-refractivity contribution in [1.82, 2.24) is 10.9 Å². The monoisotopic (exact) mass is 453 g/mol.